The van der Waals surface area contributed by atoms with Crippen molar-refractivity contribution in [2.24, 2.45) is 0 Å². The van der Waals surface area contributed by atoms with Gasteiger partial charge in [0.15, 0.2) is 0 Å². The van der Waals surface area contributed by atoms with E-state index in [1.807, 2.05) is 0 Å². The molecular weight excluding hydrogens is 260 g/mol. The number of rotatable bonds is 5. The molecule has 1 unspecified atom stereocenters. The monoisotopic (exact) mass is 290 g/mol. The van der Waals surface area contributed by atoms with Crippen LogP contribution in [0.3, 0.4) is 0 Å². The van der Waals surface area contributed by atoms with Crippen LogP contribution in [0.5, 0.6) is 0 Å². The van der Waals surface area contributed by atoms with E-state index in [1.54, 1.807) is 0 Å². The Morgan fingerprint density at radius 1 is 1.24 bits per heavy atom. The normalized spacial score (nSPS) is 25.0. The molecule has 0 spiro atoms. The summed E-state index contributed by atoms with van der Waals surface area (Å²) in [6.07, 6.45) is 0.657. The number of likely N-dealkylation sites (N-methyl/N-ethyl adjacent to an activating group) is 1. The molecule has 0 bridgehead atoms. The quantitative estimate of drug-likeness (QED) is 0.902. The summed E-state index contributed by atoms with van der Waals surface area (Å²) in [7, 11) is 0. The smallest absolute Gasteiger partial charge is 0.0678 e. The van der Waals surface area contributed by atoms with Gasteiger partial charge in [-0.25, -0.2) is 0 Å². The van der Waals surface area contributed by atoms with Gasteiger partial charge in [-0.3, -0.25) is 4.90 Å². The lowest BCUT2D eigenvalue weighted by atomic mass is 9.98. The van der Waals surface area contributed by atoms with Gasteiger partial charge >= 0.3 is 0 Å². The average Bonchev–Trinajstić information content (AvgIpc) is 2.40. The van der Waals surface area contributed by atoms with Crippen molar-refractivity contribution in [1.29, 1.82) is 0 Å². The Balaban J connectivity index is 2.13. The van der Waals surface area contributed by atoms with Crippen molar-refractivity contribution in [2.45, 2.75) is 52.9 Å². The number of nitrogens with zero attached hydrogens (tertiary/aromatic N) is 1. The Morgan fingerprint density at radius 2 is 1.90 bits per heavy atom. The van der Waals surface area contributed by atoms with E-state index < -0.39 is 0 Å². The highest BCUT2D eigenvalue weighted by Crippen LogP contribution is 2.22. The van der Waals surface area contributed by atoms with Crippen LogP contribution in [0.25, 0.3) is 0 Å². The molecule has 3 nitrogen and oxygen atoms in total. The summed E-state index contributed by atoms with van der Waals surface area (Å²) >= 11 is 0. The Hall–Kier alpha value is -0.900. The van der Waals surface area contributed by atoms with Gasteiger partial charge in [-0.2, -0.15) is 0 Å². The van der Waals surface area contributed by atoms with Crippen molar-refractivity contribution in [1.82, 2.24) is 10.2 Å². The van der Waals surface area contributed by atoms with Crippen molar-refractivity contribution in [3.05, 3.63) is 34.9 Å². The highest BCUT2D eigenvalue weighted by molar-refractivity contribution is 5.33. The number of nitrogens with one attached hydrogen (secondary N) is 1. The zero-order valence-electron chi connectivity index (χ0n) is 14.1. The molecule has 0 radical (unpaired) electrons. The van der Waals surface area contributed by atoms with Crippen LogP contribution in [0, 0.1) is 13.8 Å². The molecule has 1 heterocycles. The molecule has 1 N–H and O–H groups in total. The Bertz CT molecular complexity index is 451. The van der Waals surface area contributed by atoms with Gasteiger partial charge in [-0.05, 0) is 45.4 Å². The summed E-state index contributed by atoms with van der Waals surface area (Å²) in [5, 5.41) is 3.66. The summed E-state index contributed by atoms with van der Waals surface area (Å²) in [6, 6.07) is 7.16. The molecular formula is C18H30N2O. The van der Waals surface area contributed by atoms with Crippen LogP contribution in [-0.2, 0) is 4.74 Å². The van der Waals surface area contributed by atoms with Crippen LogP contribution < -0.4 is 5.32 Å². The van der Waals surface area contributed by atoms with E-state index in [4.69, 9.17) is 4.74 Å². The number of hydrogen-bond acceptors (Lipinski definition) is 3. The van der Waals surface area contributed by atoms with Gasteiger partial charge in [0.25, 0.3) is 0 Å². The van der Waals surface area contributed by atoms with E-state index in [0.717, 1.165) is 26.2 Å². The number of morpholine rings is 1. The molecule has 1 aromatic rings. The third-order valence-corrected chi connectivity index (χ3v) is 4.20. The predicted molar refractivity (Wildman–Crippen MR) is 88.8 cm³/mol. The molecule has 21 heavy (non-hydrogen) atoms. The van der Waals surface area contributed by atoms with E-state index in [9.17, 15) is 0 Å². The zero-order chi connectivity index (χ0) is 15.4. The minimum Gasteiger partial charge on any atom is -0.373 e. The van der Waals surface area contributed by atoms with E-state index >= 15 is 0 Å². The molecule has 1 aliphatic heterocycles. The van der Waals surface area contributed by atoms with Crippen LogP contribution >= 0.6 is 0 Å². The van der Waals surface area contributed by atoms with Crippen LogP contribution in [-0.4, -0.2) is 43.3 Å². The average molecular weight is 290 g/mol. The van der Waals surface area contributed by atoms with E-state index in [2.05, 4.69) is 63.0 Å². The van der Waals surface area contributed by atoms with Crippen molar-refractivity contribution < 1.29 is 4.74 Å². The van der Waals surface area contributed by atoms with Gasteiger partial charge in [0.05, 0.1) is 12.2 Å². The first-order valence-electron chi connectivity index (χ1n) is 8.18. The van der Waals surface area contributed by atoms with Crippen LogP contribution in [0.1, 0.15) is 43.5 Å². The van der Waals surface area contributed by atoms with Gasteiger partial charge in [-0.1, -0.05) is 30.7 Å². The molecule has 3 atom stereocenters. The van der Waals surface area contributed by atoms with Crippen LogP contribution in [0.4, 0.5) is 0 Å². The second kappa shape index (κ2) is 7.39. The summed E-state index contributed by atoms with van der Waals surface area (Å²) < 4.78 is 5.84. The number of hydrogen-bond donors (Lipinski definition) is 1. The summed E-state index contributed by atoms with van der Waals surface area (Å²) in [5.74, 6) is 0. The van der Waals surface area contributed by atoms with Crippen molar-refractivity contribution >= 4 is 0 Å². The fourth-order valence-electron chi connectivity index (χ4n) is 3.35. The molecule has 1 saturated heterocycles. The fourth-order valence-corrected chi connectivity index (χ4v) is 3.35. The highest BCUT2D eigenvalue weighted by atomic mass is 16.5. The first-order valence-corrected chi connectivity index (χ1v) is 8.18. The lowest BCUT2D eigenvalue weighted by Crippen LogP contribution is -2.48. The van der Waals surface area contributed by atoms with Gasteiger partial charge in [0, 0.05) is 25.7 Å². The molecule has 118 valence electrons. The van der Waals surface area contributed by atoms with Gasteiger partial charge < -0.3 is 10.1 Å². The van der Waals surface area contributed by atoms with E-state index in [1.165, 1.54) is 16.7 Å². The maximum absolute atomic E-state index is 5.84. The maximum Gasteiger partial charge on any atom is 0.0678 e. The van der Waals surface area contributed by atoms with E-state index in [0.29, 0.717) is 18.2 Å². The molecule has 0 aliphatic carbocycles. The Kier molecular flexibility index (Phi) is 5.80. The second-order valence-corrected chi connectivity index (χ2v) is 6.45. The standard InChI is InChI=1S/C18H30N2O/c1-6-19-18(17-9-13(2)7-8-14(17)3)12-20-10-15(4)21-16(5)11-20/h7-9,15-16,18-19H,6,10-12H2,1-5H3/t15-,16+,18?. The van der Waals surface area contributed by atoms with E-state index in [-0.39, 0.29) is 0 Å². The van der Waals surface area contributed by atoms with Crippen molar-refractivity contribution in [3.8, 4) is 0 Å². The predicted octanol–water partition coefficient (Wildman–Crippen LogP) is 3.06. The van der Waals surface area contributed by atoms with Gasteiger partial charge in [0.2, 0.25) is 0 Å². The molecule has 0 saturated carbocycles. The summed E-state index contributed by atoms with van der Waals surface area (Å²) in [6.45, 7) is 15.0. The minimum absolute atomic E-state index is 0.328. The summed E-state index contributed by atoms with van der Waals surface area (Å²) in [5.41, 5.74) is 4.15. The Morgan fingerprint density at radius 3 is 2.52 bits per heavy atom. The van der Waals surface area contributed by atoms with Gasteiger partial charge in [-0.15, -0.1) is 0 Å². The largest absolute Gasteiger partial charge is 0.373 e. The van der Waals surface area contributed by atoms with Gasteiger partial charge in [0.1, 0.15) is 0 Å². The molecule has 0 aromatic heterocycles. The van der Waals surface area contributed by atoms with Crippen LogP contribution in [0.2, 0.25) is 0 Å². The lowest BCUT2D eigenvalue weighted by Gasteiger charge is -2.37. The van der Waals surface area contributed by atoms with Crippen molar-refractivity contribution in [2.75, 3.05) is 26.2 Å². The fraction of sp³-hybridized carbons (Fsp3) is 0.667. The van der Waals surface area contributed by atoms with Crippen molar-refractivity contribution in [3.63, 3.8) is 0 Å². The molecule has 1 aliphatic rings. The summed E-state index contributed by atoms with van der Waals surface area (Å²) in [4.78, 5) is 2.54. The number of benzene rings is 1. The Labute approximate surface area is 129 Å². The zero-order valence-corrected chi connectivity index (χ0v) is 14.1. The molecule has 3 heteroatoms. The molecule has 1 aromatic carbocycles. The number of ether oxygens (including phenoxy) is 1. The first-order chi connectivity index (χ1) is 9.99. The third-order valence-electron chi connectivity index (χ3n) is 4.20. The molecule has 0 amide bonds. The lowest BCUT2D eigenvalue weighted by molar-refractivity contribution is -0.0699. The highest BCUT2D eigenvalue weighted by Gasteiger charge is 2.25. The SMILES string of the molecule is CCNC(CN1C[C@@H](C)O[C@@H](C)C1)c1cc(C)ccc1C. The maximum atomic E-state index is 5.84. The second-order valence-electron chi connectivity index (χ2n) is 6.45. The third kappa shape index (κ3) is 4.53. The first kappa shape index (κ1) is 16.5. The van der Waals surface area contributed by atoms with Crippen LogP contribution in [0.15, 0.2) is 18.2 Å². The number of aryl methyl sites for hydroxylation is 2. The minimum atomic E-state index is 0.328. The molecule has 1 fully saturated rings. The topological polar surface area (TPSA) is 24.5 Å². The molecule has 2 rings (SSSR count).